The number of hydrogen-bond donors (Lipinski definition) is 0. The first-order chi connectivity index (χ1) is 12.7. The SMILES string of the molecule is O=C(OCc1ccccc1)N1C[C@H]2CC(Oc3ccc(F)cc3)C[C@H]2C1. The lowest BCUT2D eigenvalue weighted by atomic mass is 10.0. The largest absolute Gasteiger partial charge is 0.490 e. The van der Waals surface area contributed by atoms with E-state index in [4.69, 9.17) is 9.47 Å². The number of nitrogens with zero attached hydrogens (tertiary/aromatic N) is 1. The Morgan fingerprint density at radius 2 is 1.65 bits per heavy atom. The third kappa shape index (κ3) is 3.82. The fourth-order valence-corrected chi connectivity index (χ4v) is 4.01. The van der Waals surface area contributed by atoms with Crippen molar-refractivity contribution in [2.24, 2.45) is 11.8 Å². The molecule has 0 aromatic heterocycles. The summed E-state index contributed by atoms with van der Waals surface area (Å²) in [6, 6.07) is 15.9. The predicted molar refractivity (Wildman–Crippen MR) is 95.2 cm³/mol. The van der Waals surface area contributed by atoms with Gasteiger partial charge < -0.3 is 14.4 Å². The molecule has 0 radical (unpaired) electrons. The second-order valence-electron chi connectivity index (χ2n) is 7.13. The van der Waals surface area contributed by atoms with Crippen molar-refractivity contribution in [1.29, 1.82) is 0 Å². The van der Waals surface area contributed by atoms with Gasteiger partial charge in [0, 0.05) is 13.1 Å². The number of carbonyl (C=O) groups excluding carboxylic acids is 1. The van der Waals surface area contributed by atoms with Gasteiger partial charge in [0.25, 0.3) is 0 Å². The van der Waals surface area contributed by atoms with E-state index in [1.165, 1.54) is 12.1 Å². The summed E-state index contributed by atoms with van der Waals surface area (Å²) in [5.74, 6) is 1.34. The number of hydrogen-bond acceptors (Lipinski definition) is 3. The van der Waals surface area contributed by atoms with Gasteiger partial charge in [-0.15, -0.1) is 0 Å². The summed E-state index contributed by atoms with van der Waals surface area (Å²) in [6.07, 6.45) is 1.74. The van der Waals surface area contributed by atoms with E-state index in [0.717, 1.165) is 31.5 Å². The minimum Gasteiger partial charge on any atom is -0.490 e. The van der Waals surface area contributed by atoms with Crippen LogP contribution in [0.4, 0.5) is 9.18 Å². The Morgan fingerprint density at radius 1 is 1.00 bits per heavy atom. The summed E-state index contributed by atoms with van der Waals surface area (Å²) in [6.45, 7) is 1.75. The van der Waals surface area contributed by atoms with Crippen LogP contribution >= 0.6 is 0 Å². The number of likely N-dealkylation sites (tertiary alicyclic amines) is 1. The van der Waals surface area contributed by atoms with Gasteiger partial charge in [-0.1, -0.05) is 30.3 Å². The van der Waals surface area contributed by atoms with E-state index in [1.54, 1.807) is 12.1 Å². The molecule has 1 unspecified atom stereocenters. The Kier molecular flexibility index (Phi) is 4.78. The molecule has 1 heterocycles. The van der Waals surface area contributed by atoms with E-state index < -0.39 is 0 Å². The van der Waals surface area contributed by atoms with Crippen LogP contribution in [-0.2, 0) is 11.3 Å². The van der Waals surface area contributed by atoms with Crippen LogP contribution in [0.1, 0.15) is 18.4 Å². The fourth-order valence-electron chi connectivity index (χ4n) is 4.01. The summed E-state index contributed by atoms with van der Waals surface area (Å²) in [4.78, 5) is 14.1. The van der Waals surface area contributed by atoms with Gasteiger partial charge in [-0.3, -0.25) is 0 Å². The van der Waals surface area contributed by atoms with E-state index in [9.17, 15) is 9.18 Å². The van der Waals surface area contributed by atoms with E-state index in [2.05, 4.69) is 0 Å². The molecule has 0 bridgehead atoms. The van der Waals surface area contributed by atoms with Crippen LogP contribution in [0.2, 0.25) is 0 Å². The summed E-state index contributed by atoms with van der Waals surface area (Å²) in [5.41, 5.74) is 0.994. The van der Waals surface area contributed by atoms with Crippen molar-refractivity contribution in [2.75, 3.05) is 13.1 Å². The van der Waals surface area contributed by atoms with Crippen LogP contribution in [0.25, 0.3) is 0 Å². The highest BCUT2D eigenvalue weighted by Crippen LogP contribution is 2.40. The van der Waals surface area contributed by atoms with Gasteiger partial charge in [0.2, 0.25) is 0 Å². The van der Waals surface area contributed by atoms with Crippen molar-refractivity contribution in [1.82, 2.24) is 4.90 Å². The molecule has 5 heteroatoms. The molecule has 1 amide bonds. The van der Waals surface area contributed by atoms with Crippen LogP contribution in [-0.4, -0.2) is 30.2 Å². The fraction of sp³-hybridized carbons (Fsp3) is 0.381. The standard InChI is InChI=1S/C21H22FNO3/c22-18-6-8-19(9-7-18)26-20-10-16-12-23(13-17(16)11-20)21(24)25-14-15-4-2-1-3-5-15/h1-9,16-17,20H,10-14H2/t16-,17+,20?. The van der Waals surface area contributed by atoms with Gasteiger partial charge in [0.05, 0.1) is 6.10 Å². The average molecular weight is 355 g/mol. The van der Waals surface area contributed by atoms with Crippen LogP contribution in [0.15, 0.2) is 54.6 Å². The Hall–Kier alpha value is -2.56. The van der Waals surface area contributed by atoms with E-state index in [1.807, 2.05) is 35.2 Å². The molecule has 0 N–H and O–H groups in total. The number of benzene rings is 2. The molecule has 136 valence electrons. The predicted octanol–water partition coefficient (Wildman–Crippen LogP) is 4.25. The molecule has 26 heavy (non-hydrogen) atoms. The van der Waals surface area contributed by atoms with Crippen LogP contribution < -0.4 is 4.74 Å². The van der Waals surface area contributed by atoms with Crippen LogP contribution in [0.5, 0.6) is 5.75 Å². The van der Waals surface area contributed by atoms with Crippen molar-refractivity contribution >= 4 is 6.09 Å². The summed E-state index contributed by atoms with van der Waals surface area (Å²) in [7, 11) is 0. The zero-order valence-corrected chi connectivity index (χ0v) is 14.5. The summed E-state index contributed by atoms with van der Waals surface area (Å²) < 4.78 is 24.4. The van der Waals surface area contributed by atoms with Crippen molar-refractivity contribution in [2.45, 2.75) is 25.6 Å². The molecule has 4 nitrogen and oxygen atoms in total. The first-order valence-electron chi connectivity index (χ1n) is 9.05. The number of fused-ring (bicyclic) bond motifs is 1. The maximum Gasteiger partial charge on any atom is 0.410 e. The molecule has 2 aromatic carbocycles. The molecule has 2 aromatic rings. The molecule has 4 rings (SSSR count). The second kappa shape index (κ2) is 7.36. The van der Waals surface area contributed by atoms with E-state index in [-0.39, 0.29) is 18.0 Å². The topological polar surface area (TPSA) is 38.8 Å². The van der Waals surface area contributed by atoms with Gasteiger partial charge in [0.15, 0.2) is 0 Å². The molecule has 1 aliphatic carbocycles. The minimum atomic E-state index is -0.259. The van der Waals surface area contributed by atoms with Crippen molar-refractivity contribution in [3.8, 4) is 5.75 Å². The van der Waals surface area contributed by atoms with Gasteiger partial charge in [-0.25, -0.2) is 9.18 Å². The van der Waals surface area contributed by atoms with Crippen molar-refractivity contribution in [3.05, 3.63) is 66.0 Å². The maximum atomic E-state index is 13.0. The number of rotatable bonds is 4. The Morgan fingerprint density at radius 3 is 2.31 bits per heavy atom. The molecule has 3 atom stereocenters. The number of halogens is 1. The highest BCUT2D eigenvalue weighted by atomic mass is 19.1. The monoisotopic (exact) mass is 355 g/mol. The van der Waals surface area contributed by atoms with Crippen molar-refractivity contribution < 1.29 is 18.7 Å². The minimum absolute atomic E-state index is 0.137. The van der Waals surface area contributed by atoms with E-state index >= 15 is 0 Å². The number of ether oxygens (including phenoxy) is 2. The molecule has 0 spiro atoms. The second-order valence-corrected chi connectivity index (χ2v) is 7.13. The molecular weight excluding hydrogens is 333 g/mol. The summed E-state index contributed by atoms with van der Waals surface area (Å²) >= 11 is 0. The Labute approximate surface area is 152 Å². The first kappa shape index (κ1) is 16.9. The van der Waals surface area contributed by atoms with Gasteiger partial charge in [-0.05, 0) is 54.5 Å². The lowest BCUT2D eigenvalue weighted by Crippen LogP contribution is -2.31. The Bertz CT molecular complexity index is 736. The molecule has 2 fully saturated rings. The number of amides is 1. The third-order valence-corrected chi connectivity index (χ3v) is 5.29. The van der Waals surface area contributed by atoms with E-state index in [0.29, 0.717) is 24.2 Å². The lowest BCUT2D eigenvalue weighted by Gasteiger charge is -2.20. The highest BCUT2D eigenvalue weighted by Gasteiger charge is 2.43. The molecule has 1 saturated carbocycles. The zero-order chi connectivity index (χ0) is 17.9. The quantitative estimate of drug-likeness (QED) is 0.823. The lowest BCUT2D eigenvalue weighted by molar-refractivity contribution is 0.0986. The van der Waals surface area contributed by atoms with Crippen LogP contribution in [0.3, 0.4) is 0 Å². The Balaban J connectivity index is 1.25. The summed E-state index contributed by atoms with van der Waals surface area (Å²) in [5, 5.41) is 0. The smallest absolute Gasteiger partial charge is 0.410 e. The highest BCUT2D eigenvalue weighted by molar-refractivity contribution is 5.68. The molecule has 1 aliphatic heterocycles. The molecule has 1 saturated heterocycles. The normalized spacial score (nSPS) is 24.3. The maximum absolute atomic E-state index is 13.0. The zero-order valence-electron chi connectivity index (χ0n) is 14.5. The molecular formula is C21H22FNO3. The first-order valence-corrected chi connectivity index (χ1v) is 9.05. The average Bonchev–Trinajstić information content (AvgIpc) is 3.21. The van der Waals surface area contributed by atoms with Crippen LogP contribution in [0, 0.1) is 17.7 Å². The third-order valence-electron chi connectivity index (χ3n) is 5.29. The number of carbonyl (C=O) groups is 1. The van der Waals surface area contributed by atoms with Gasteiger partial charge >= 0.3 is 6.09 Å². The van der Waals surface area contributed by atoms with Gasteiger partial charge in [0.1, 0.15) is 18.2 Å². The van der Waals surface area contributed by atoms with Gasteiger partial charge in [-0.2, -0.15) is 0 Å². The van der Waals surface area contributed by atoms with Crippen molar-refractivity contribution in [3.63, 3.8) is 0 Å². The molecule has 2 aliphatic rings.